The normalized spacial score (nSPS) is 14.3. The molecule has 2 aromatic rings. The second-order valence-corrected chi connectivity index (χ2v) is 7.18. The molecule has 2 aromatic carbocycles. The van der Waals surface area contributed by atoms with Gasteiger partial charge in [0.1, 0.15) is 11.5 Å². The van der Waals surface area contributed by atoms with Crippen molar-refractivity contribution < 1.29 is 17.9 Å². The number of rotatable bonds is 4. The maximum Gasteiger partial charge on any atom is 0.264 e. The van der Waals surface area contributed by atoms with Crippen molar-refractivity contribution in [2.45, 2.75) is 17.7 Å². The predicted molar refractivity (Wildman–Crippen MR) is 88.8 cm³/mol. The molecule has 0 aliphatic carbocycles. The van der Waals surface area contributed by atoms with Crippen molar-refractivity contribution in [3.63, 3.8) is 0 Å². The Hall–Kier alpha value is -2.21. The minimum Gasteiger partial charge on any atom is -0.497 e. The molecule has 5 nitrogen and oxygen atoms in total. The number of nitrogens with zero attached hydrogens (tertiary/aromatic N) is 1. The van der Waals surface area contributed by atoms with Gasteiger partial charge in [-0.3, -0.25) is 4.31 Å². The SMILES string of the molecule is COc1cc(OC)c2c(c1)N(S(=O)(=O)c1ccccc1)CCC2. The Morgan fingerprint density at radius 2 is 1.78 bits per heavy atom. The fourth-order valence-corrected chi connectivity index (χ4v) is 4.42. The average molecular weight is 333 g/mol. The fourth-order valence-electron chi connectivity index (χ4n) is 2.87. The summed E-state index contributed by atoms with van der Waals surface area (Å²) >= 11 is 0. The van der Waals surface area contributed by atoms with E-state index in [9.17, 15) is 8.42 Å². The van der Waals surface area contributed by atoms with Crippen molar-refractivity contribution >= 4 is 15.7 Å². The van der Waals surface area contributed by atoms with Gasteiger partial charge in [-0.15, -0.1) is 0 Å². The zero-order chi connectivity index (χ0) is 16.4. The zero-order valence-corrected chi connectivity index (χ0v) is 14.0. The Kier molecular flexibility index (Phi) is 4.17. The van der Waals surface area contributed by atoms with Gasteiger partial charge in [0.05, 0.1) is 24.8 Å². The topological polar surface area (TPSA) is 55.8 Å². The molecule has 0 fully saturated rings. The average Bonchev–Trinajstić information content (AvgIpc) is 2.60. The van der Waals surface area contributed by atoms with Gasteiger partial charge in [-0.25, -0.2) is 8.42 Å². The summed E-state index contributed by atoms with van der Waals surface area (Å²) in [6, 6.07) is 12.0. The molecule has 0 unspecified atom stereocenters. The van der Waals surface area contributed by atoms with Crippen molar-refractivity contribution in [1.82, 2.24) is 0 Å². The Morgan fingerprint density at radius 3 is 2.43 bits per heavy atom. The van der Waals surface area contributed by atoms with E-state index >= 15 is 0 Å². The van der Waals surface area contributed by atoms with E-state index in [1.165, 1.54) is 4.31 Å². The lowest BCUT2D eigenvalue weighted by atomic mass is 10.0. The summed E-state index contributed by atoms with van der Waals surface area (Å²) in [5, 5.41) is 0. The van der Waals surface area contributed by atoms with Gasteiger partial charge in [0.15, 0.2) is 0 Å². The molecular formula is C17H19NO4S. The lowest BCUT2D eigenvalue weighted by Gasteiger charge is -2.31. The van der Waals surface area contributed by atoms with Crippen LogP contribution in [0.15, 0.2) is 47.4 Å². The van der Waals surface area contributed by atoms with Crippen LogP contribution in [0.3, 0.4) is 0 Å². The Bertz CT molecular complexity index is 803. The molecule has 1 aliphatic heterocycles. The molecular weight excluding hydrogens is 314 g/mol. The molecule has 0 atom stereocenters. The minimum atomic E-state index is -3.60. The first-order valence-corrected chi connectivity index (χ1v) is 8.84. The first-order valence-electron chi connectivity index (χ1n) is 7.40. The Balaban J connectivity index is 2.15. The second-order valence-electron chi connectivity index (χ2n) is 5.32. The summed E-state index contributed by atoms with van der Waals surface area (Å²) in [7, 11) is -0.465. The largest absolute Gasteiger partial charge is 0.497 e. The van der Waals surface area contributed by atoms with E-state index in [1.54, 1.807) is 56.7 Å². The molecule has 0 saturated heterocycles. The summed E-state index contributed by atoms with van der Waals surface area (Å²) in [6.07, 6.45) is 1.53. The molecule has 122 valence electrons. The monoisotopic (exact) mass is 333 g/mol. The third kappa shape index (κ3) is 2.74. The summed E-state index contributed by atoms with van der Waals surface area (Å²) in [6.45, 7) is 0.445. The highest BCUT2D eigenvalue weighted by Crippen LogP contribution is 2.40. The zero-order valence-electron chi connectivity index (χ0n) is 13.2. The number of fused-ring (bicyclic) bond motifs is 1. The van der Waals surface area contributed by atoms with Crippen LogP contribution in [0, 0.1) is 0 Å². The highest BCUT2D eigenvalue weighted by molar-refractivity contribution is 7.92. The molecule has 6 heteroatoms. The van der Waals surface area contributed by atoms with Crippen LogP contribution in [0.25, 0.3) is 0 Å². The number of sulfonamides is 1. The van der Waals surface area contributed by atoms with Crippen LogP contribution in [0.2, 0.25) is 0 Å². The molecule has 0 amide bonds. The maximum absolute atomic E-state index is 13.0. The number of hydrogen-bond acceptors (Lipinski definition) is 4. The maximum atomic E-state index is 13.0. The van der Waals surface area contributed by atoms with E-state index in [1.807, 2.05) is 0 Å². The van der Waals surface area contributed by atoms with E-state index in [0.29, 0.717) is 23.7 Å². The van der Waals surface area contributed by atoms with Crippen LogP contribution in [-0.4, -0.2) is 29.2 Å². The smallest absolute Gasteiger partial charge is 0.264 e. The molecule has 0 saturated carbocycles. The Labute approximate surface area is 136 Å². The van der Waals surface area contributed by atoms with E-state index in [0.717, 1.165) is 18.4 Å². The molecule has 0 bridgehead atoms. The quantitative estimate of drug-likeness (QED) is 0.863. The number of benzene rings is 2. The van der Waals surface area contributed by atoms with Gasteiger partial charge in [-0.1, -0.05) is 18.2 Å². The third-order valence-electron chi connectivity index (χ3n) is 4.00. The van der Waals surface area contributed by atoms with Gasteiger partial charge in [0, 0.05) is 24.2 Å². The van der Waals surface area contributed by atoms with Crippen LogP contribution < -0.4 is 13.8 Å². The van der Waals surface area contributed by atoms with Gasteiger partial charge >= 0.3 is 0 Å². The summed E-state index contributed by atoms with van der Waals surface area (Å²) in [4.78, 5) is 0.287. The highest BCUT2D eigenvalue weighted by Gasteiger charge is 2.31. The number of ether oxygens (including phenoxy) is 2. The molecule has 0 N–H and O–H groups in total. The lowest BCUT2D eigenvalue weighted by molar-refractivity contribution is 0.390. The molecule has 0 spiro atoms. The van der Waals surface area contributed by atoms with E-state index < -0.39 is 10.0 Å². The lowest BCUT2D eigenvalue weighted by Crippen LogP contribution is -2.35. The number of methoxy groups -OCH3 is 2. The van der Waals surface area contributed by atoms with Gasteiger partial charge in [0.25, 0.3) is 10.0 Å². The van der Waals surface area contributed by atoms with Crippen molar-refractivity contribution in [2.24, 2.45) is 0 Å². The standard InChI is InChI=1S/C17H19NO4S/c1-21-13-11-16-15(17(12-13)22-2)9-6-10-18(16)23(19,20)14-7-4-3-5-8-14/h3-5,7-8,11-12H,6,9-10H2,1-2H3. The first-order chi connectivity index (χ1) is 11.1. The predicted octanol–water partition coefficient (Wildman–Crippen LogP) is 2.85. The van der Waals surface area contributed by atoms with Crippen LogP contribution in [0.4, 0.5) is 5.69 Å². The molecule has 1 aliphatic rings. The summed E-state index contributed by atoms with van der Waals surface area (Å²) in [5.74, 6) is 1.24. The Morgan fingerprint density at radius 1 is 1.04 bits per heavy atom. The van der Waals surface area contributed by atoms with Gasteiger partial charge < -0.3 is 9.47 Å². The minimum absolute atomic E-state index is 0.287. The highest BCUT2D eigenvalue weighted by atomic mass is 32.2. The van der Waals surface area contributed by atoms with E-state index in [4.69, 9.17) is 9.47 Å². The van der Waals surface area contributed by atoms with Crippen LogP contribution in [0.5, 0.6) is 11.5 Å². The van der Waals surface area contributed by atoms with E-state index in [-0.39, 0.29) is 4.90 Å². The van der Waals surface area contributed by atoms with Crippen LogP contribution in [-0.2, 0) is 16.4 Å². The van der Waals surface area contributed by atoms with E-state index in [2.05, 4.69) is 0 Å². The third-order valence-corrected chi connectivity index (χ3v) is 5.83. The van der Waals surface area contributed by atoms with Crippen molar-refractivity contribution in [3.8, 4) is 11.5 Å². The van der Waals surface area contributed by atoms with Crippen molar-refractivity contribution in [1.29, 1.82) is 0 Å². The van der Waals surface area contributed by atoms with Crippen molar-refractivity contribution in [3.05, 3.63) is 48.0 Å². The van der Waals surface area contributed by atoms with Crippen LogP contribution in [0.1, 0.15) is 12.0 Å². The molecule has 23 heavy (non-hydrogen) atoms. The molecule has 0 aromatic heterocycles. The first kappa shape index (κ1) is 15.7. The number of hydrogen-bond donors (Lipinski definition) is 0. The van der Waals surface area contributed by atoms with Crippen LogP contribution >= 0.6 is 0 Å². The van der Waals surface area contributed by atoms with Gasteiger partial charge in [0.2, 0.25) is 0 Å². The molecule has 3 rings (SSSR count). The number of anilines is 1. The summed E-state index contributed by atoms with van der Waals surface area (Å²) in [5.41, 5.74) is 1.54. The van der Waals surface area contributed by atoms with Gasteiger partial charge in [-0.2, -0.15) is 0 Å². The summed E-state index contributed by atoms with van der Waals surface area (Å²) < 4.78 is 38.1. The fraction of sp³-hybridized carbons (Fsp3) is 0.294. The van der Waals surface area contributed by atoms with Crippen molar-refractivity contribution in [2.75, 3.05) is 25.1 Å². The molecule has 1 heterocycles. The van der Waals surface area contributed by atoms with Gasteiger partial charge in [-0.05, 0) is 25.0 Å². The molecule has 0 radical (unpaired) electrons. The second kappa shape index (κ2) is 6.12.